The number of hydrogen-bond acceptors (Lipinski definition) is 0. The Morgan fingerprint density at radius 2 is 0.833 bits per heavy atom. The molecule has 0 aliphatic heterocycles. The van der Waals surface area contributed by atoms with Crippen LogP contribution in [0.25, 0.3) is 32.3 Å². The van der Waals surface area contributed by atoms with Crippen LogP contribution in [0.4, 0.5) is 0 Å². The maximum absolute atomic E-state index is 2.41. The molecular formula is C24H26. The van der Waals surface area contributed by atoms with Gasteiger partial charge in [0.15, 0.2) is 0 Å². The minimum Gasteiger partial charge on any atom is -0.0508 e. The van der Waals surface area contributed by atoms with Gasteiger partial charge in [-0.3, -0.25) is 0 Å². The van der Waals surface area contributed by atoms with E-state index in [0.717, 1.165) is 0 Å². The molecule has 0 unspecified atom stereocenters. The quantitative estimate of drug-likeness (QED) is 0.305. The van der Waals surface area contributed by atoms with Gasteiger partial charge in [-0.2, -0.15) is 0 Å². The fourth-order valence-corrected chi connectivity index (χ4v) is 4.71. The zero-order chi connectivity index (χ0) is 17.5. The highest BCUT2D eigenvalue weighted by atomic mass is 14.2. The van der Waals surface area contributed by atoms with Crippen molar-refractivity contribution in [3.05, 3.63) is 56.6 Å². The number of aryl methyl sites for hydroxylation is 7. The van der Waals surface area contributed by atoms with E-state index in [1.54, 1.807) is 0 Å². The molecular weight excluding hydrogens is 288 g/mol. The molecule has 122 valence electrons. The maximum Gasteiger partial charge on any atom is -0.00181 e. The van der Waals surface area contributed by atoms with Crippen LogP contribution in [0.2, 0.25) is 0 Å². The van der Waals surface area contributed by atoms with Gasteiger partial charge in [0, 0.05) is 0 Å². The van der Waals surface area contributed by atoms with Crippen molar-refractivity contribution in [1.82, 2.24) is 0 Å². The lowest BCUT2D eigenvalue weighted by molar-refractivity contribution is 1.29. The molecule has 0 heterocycles. The first-order chi connectivity index (χ1) is 11.3. The van der Waals surface area contributed by atoms with Crippen LogP contribution in [0.3, 0.4) is 0 Å². The van der Waals surface area contributed by atoms with Crippen molar-refractivity contribution in [1.29, 1.82) is 0 Å². The molecule has 0 spiro atoms. The van der Waals surface area contributed by atoms with Crippen LogP contribution in [0.15, 0.2) is 12.1 Å². The summed E-state index contributed by atoms with van der Waals surface area (Å²) in [6.07, 6.45) is 0. The van der Waals surface area contributed by atoms with Gasteiger partial charge in [-0.25, -0.2) is 0 Å². The molecule has 0 fully saturated rings. The van der Waals surface area contributed by atoms with Crippen LogP contribution in [-0.2, 0) is 0 Å². The Labute approximate surface area is 144 Å². The summed E-state index contributed by atoms with van der Waals surface area (Å²) in [4.78, 5) is 0. The first kappa shape index (κ1) is 15.4. The third kappa shape index (κ3) is 1.64. The van der Waals surface area contributed by atoms with E-state index in [1.807, 2.05) is 0 Å². The standard InChI is InChI=1S/C24H26/c1-11-9-19-12(2)10-20-15(5)14(4)16(6)22-18(8)17(7)21(13(11)3)23(19)24(20)22/h9-10H,1-8H3. The first-order valence-corrected chi connectivity index (χ1v) is 8.90. The topological polar surface area (TPSA) is 0 Å². The van der Waals surface area contributed by atoms with Crippen molar-refractivity contribution < 1.29 is 0 Å². The molecule has 0 amide bonds. The van der Waals surface area contributed by atoms with Gasteiger partial charge in [0.05, 0.1) is 0 Å². The normalized spacial score (nSPS) is 12.2. The van der Waals surface area contributed by atoms with Gasteiger partial charge in [-0.05, 0) is 132 Å². The summed E-state index contributed by atoms with van der Waals surface area (Å²) >= 11 is 0. The molecule has 0 saturated carbocycles. The second kappa shape index (κ2) is 4.72. The Morgan fingerprint density at radius 3 is 1.46 bits per heavy atom. The van der Waals surface area contributed by atoms with Crippen molar-refractivity contribution >= 4 is 32.3 Å². The summed E-state index contributed by atoms with van der Waals surface area (Å²) in [7, 11) is 0. The van der Waals surface area contributed by atoms with Gasteiger partial charge >= 0.3 is 0 Å². The third-order valence-corrected chi connectivity index (χ3v) is 6.62. The predicted octanol–water partition coefficient (Wildman–Crippen LogP) is 7.05. The SMILES string of the molecule is Cc1cc2c(C)cc3c(C)c(C)c(C)c4c(C)c(C)c(c1C)c2c34. The second-order valence-electron chi connectivity index (χ2n) is 7.73. The Bertz CT molecular complexity index is 1140. The molecule has 0 saturated heterocycles. The van der Waals surface area contributed by atoms with E-state index >= 15 is 0 Å². The average molecular weight is 314 g/mol. The summed E-state index contributed by atoms with van der Waals surface area (Å²) in [5.41, 5.74) is 11.5. The fraction of sp³-hybridized carbons (Fsp3) is 0.333. The van der Waals surface area contributed by atoms with Crippen molar-refractivity contribution in [2.75, 3.05) is 0 Å². The Kier molecular flexibility index (Phi) is 3.04. The van der Waals surface area contributed by atoms with Crippen molar-refractivity contribution in [2.45, 2.75) is 55.4 Å². The lowest BCUT2D eigenvalue weighted by Crippen LogP contribution is -2.01. The van der Waals surface area contributed by atoms with E-state index in [0.29, 0.717) is 0 Å². The summed E-state index contributed by atoms with van der Waals surface area (Å²) in [6.45, 7) is 18.3. The first-order valence-electron chi connectivity index (χ1n) is 8.90. The number of benzene rings is 4. The van der Waals surface area contributed by atoms with E-state index in [1.165, 1.54) is 76.8 Å². The monoisotopic (exact) mass is 314 g/mol. The molecule has 0 aromatic heterocycles. The van der Waals surface area contributed by atoms with E-state index in [2.05, 4.69) is 67.5 Å². The minimum absolute atomic E-state index is 1.39. The highest BCUT2D eigenvalue weighted by Gasteiger charge is 2.21. The van der Waals surface area contributed by atoms with Crippen LogP contribution in [0.5, 0.6) is 0 Å². The Morgan fingerprint density at radius 1 is 0.375 bits per heavy atom. The van der Waals surface area contributed by atoms with Crippen LogP contribution in [-0.4, -0.2) is 0 Å². The van der Waals surface area contributed by atoms with Gasteiger partial charge in [0.25, 0.3) is 0 Å². The molecule has 0 nitrogen and oxygen atoms in total. The van der Waals surface area contributed by atoms with Crippen LogP contribution < -0.4 is 0 Å². The molecule has 4 aromatic rings. The van der Waals surface area contributed by atoms with Crippen LogP contribution in [0, 0.1) is 55.4 Å². The molecule has 24 heavy (non-hydrogen) atoms. The lowest BCUT2D eigenvalue weighted by Gasteiger charge is -2.24. The van der Waals surface area contributed by atoms with Gasteiger partial charge in [0.2, 0.25) is 0 Å². The molecule has 4 aromatic carbocycles. The largest absolute Gasteiger partial charge is 0.0508 e. The predicted molar refractivity (Wildman–Crippen MR) is 108 cm³/mol. The van der Waals surface area contributed by atoms with E-state index in [-0.39, 0.29) is 0 Å². The van der Waals surface area contributed by atoms with E-state index in [4.69, 9.17) is 0 Å². The smallest absolute Gasteiger partial charge is 0.00181 e. The van der Waals surface area contributed by atoms with Crippen molar-refractivity contribution in [3.8, 4) is 0 Å². The van der Waals surface area contributed by atoms with Crippen LogP contribution in [0.1, 0.15) is 44.5 Å². The van der Waals surface area contributed by atoms with Gasteiger partial charge in [0.1, 0.15) is 0 Å². The number of rotatable bonds is 0. The van der Waals surface area contributed by atoms with E-state index < -0.39 is 0 Å². The minimum atomic E-state index is 1.39. The van der Waals surface area contributed by atoms with E-state index in [9.17, 15) is 0 Å². The summed E-state index contributed by atoms with van der Waals surface area (Å²) < 4.78 is 0. The third-order valence-electron chi connectivity index (χ3n) is 6.62. The lowest BCUT2D eigenvalue weighted by atomic mass is 9.80. The molecule has 0 N–H and O–H groups in total. The van der Waals surface area contributed by atoms with Crippen molar-refractivity contribution in [3.63, 3.8) is 0 Å². The average Bonchev–Trinajstić information content (AvgIpc) is 2.54. The Balaban J connectivity index is 2.56. The Hall–Kier alpha value is -2.08. The zero-order valence-electron chi connectivity index (χ0n) is 16.2. The van der Waals surface area contributed by atoms with Gasteiger partial charge in [-0.15, -0.1) is 0 Å². The molecule has 0 radical (unpaired) electrons. The summed E-state index contributed by atoms with van der Waals surface area (Å²) in [6, 6.07) is 4.81. The van der Waals surface area contributed by atoms with Gasteiger partial charge < -0.3 is 0 Å². The maximum atomic E-state index is 2.41. The summed E-state index contributed by atoms with van der Waals surface area (Å²) in [5, 5.41) is 8.79. The van der Waals surface area contributed by atoms with Crippen LogP contribution >= 0.6 is 0 Å². The number of hydrogen-bond donors (Lipinski definition) is 0. The highest BCUT2D eigenvalue weighted by molar-refractivity contribution is 6.27. The molecule has 0 aliphatic rings. The summed E-state index contributed by atoms with van der Waals surface area (Å²) in [5.74, 6) is 0. The fourth-order valence-electron chi connectivity index (χ4n) is 4.71. The van der Waals surface area contributed by atoms with Crippen molar-refractivity contribution in [2.24, 2.45) is 0 Å². The van der Waals surface area contributed by atoms with Gasteiger partial charge in [-0.1, -0.05) is 12.1 Å². The molecule has 0 heteroatoms. The molecule has 0 bridgehead atoms. The molecule has 0 atom stereocenters. The molecule has 0 aliphatic carbocycles. The highest BCUT2D eigenvalue weighted by Crippen LogP contribution is 2.45. The zero-order valence-corrected chi connectivity index (χ0v) is 16.2. The molecule has 4 rings (SSSR count). The second-order valence-corrected chi connectivity index (χ2v) is 7.73.